The number of anilines is 1. The van der Waals surface area contributed by atoms with Crippen LogP contribution in [0.1, 0.15) is 25.3 Å². The molecule has 0 spiro atoms. The predicted molar refractivity (Wildman–Crippen MR) is 103 cm³/mol. The summed E-state index contributed by atoms with van der Waals surface area (Å²) >= 11 is 15.3. The van der Waals surface area contributed by atoms with Crippen LogP contribution >= 0.6 is 39.1 Å². The summed E-state index contributed by atoms with van der Waals surface area (Å²) in [6.45, 7) is 1.94. The SMILES string of the molecule is CCCC(=O)Nc1ccc(Cl)c(N=Cc2cc(Cl)cc(Br)c2O)c1. The lowest BCUT2D eigenvalue weighted by Gasteiger charge is -2.07. The van der Waals surface area contributed by atoms with Gasteiger partial charge in [-0.1, -0.05) is 30.1 Å². The zero-order valence-electron chi connectivity index (χ0n) is 12.8. The number of hydrogen-bond acceptors (Lipinski definition) is 3. The number of phenolic OH excluding ortho intramolecular Hbond substituents is 1. The number of nitrogens with one attached hydrogen (secondary N) is 1. The molecule has 2 N–H and O–H groups in total. The van der Waals surface area contributed by atoms with E-state index in [1.54, 1.807) is 30.3 Å². The number of amides is 1. The van der Waals surface area contributed by atoms with Crippen LogP contribution in [0.2, 0.25) is 10.0 Å². The first kappa shape index (κ1) is 18.8. The lowest BCUT2D eigenvalue weighted by molar-refractivity contribution is -0.116. The van der Waals surface area contributed by atoms with Crippen molar-refractivity contribution in [3.63, 3.8) is 0 Å². The van der Waals surface area contributed by atoms with Crippen LogP contribution in [0.4, 0.5) is 11.4 Å². The third-order valence-electron chi connectivity index (χ3n) is 3.11. The molecular formula is C17H15BrCl2N2O2. The van der Waals surface area contributed by atoms with E-state index in [4.69, 9.17) is 23.2 Å². The second kappa shape index (κ2) is 8.51. The topological polar surface area (TPSA) is 61.7 Å². The van der Waals surface area contributed by atoms with Gasteiger partial charge in [-0.25, -0.2) is 0 Å². The third kappa shape index (κ3) is 4.97. The van der Waals surface area contributed by atoms with Crippen LogP contribution in [0.5, 0.6) is 5.75 Å². The highest BCUT2D eigenvalue weighted by Gasteiger charge is 2.07. The third-order valence-corrected chi connectivity index (χ3v) is 4.25. The van der Waals surface area contributed by atoms with Crippen molar-refractivity contribution in [3.8, 4) is 5.75 Å². The van der Waals surface area contributed by atoms with Crippen LogP contribution in [-0.2, 0) is 4.79 Å². The minimum absolute atomic E-state index is 0.0340. The Morgan fingerprint density at radius 2 is 2.08 bits per heavy atom. The van der Waals surface area contributed by atoms with Gasteiger partial charge in [0.2, 0.25) is 5.91 Å². The second-order valence-corrected chi connectivity index (χ2v) is 6.75. The maximum Gasteiger partial charge on any atom is 0.224 e. The van der Waals surface area contributed by atoms with Crippen LogP contribution in [0.3, 0.4) is 0 Å². The average Bonchev–Trinajstić information content (AvgIpc) is 2.52. The van der Waals surface area contributed by atoms with Gasteiger partial charge >= 0.3 is 0 Å². The molecule has 24 heavy (non-hydrogen) atoms. The number of hydrogen-bond donors (Lipinski definition) is 2. The summed E-state index contributed by atoms with van der Waals surface area (Å²) in [5, 5.41) is 13.7. The number of nitrogens with zero attached hydrogens (tertiary/aromatic N) is 1. The fourth-order valence-corrected chi connectivity index (χ4v) is 2.96. The fraction of sp³-hybridized carbons (Fsp3) is 0.176. The monoisotopic (exact) mass is 428 g/mol. The number of carbonyl (C=O) groups excluding carboxylic acids is 1. The molecule has 0 bridgehead atoms. The molecule has 0 heterocycles. The summed E-state index contributed by atoms with van der Waals surface area (Å²) in [4.78, 5) is 16.0. The molecule has 0 radical (unpaired) electrons. The van der Waals surface area contributed by atoms with E-state index in [1.165, 1.54) is 6.21 Å². The lowest BCUT2D eigenvalue weighted by Crippen LogP contribution is -2.10. The average molecular weight is 430 g/mol. The Bertz CT molecular complexity index is 794. The highest BCUT2D eigenvalue weighted by Crippen LogP contribution is 2.32. The van der Waals surface area contributed by atoms with Crippen molar-refractivity contribution in [2.45, 2.75) is 19.8 Å². The number of aliphatic imine (C=N–C) groups is 1. The maximum absolute atomic E-state index is 11.7. The van der Waals surface area contributed by atoms with E-state index >= 15 is 0 Å². The fourth-order valence-electron chi connectivity index (χ4n) is 1.96. The van der Waals surface area contributed by atoms with Gasteiger partial charge in [0.05, 0.1) is 15.2 Å². The highest BCUT2D eigenvalue weighted by atomic mass is 79.9. The van der Waals surface area contributed by atoms with Crippen LogP contribution in [0.25, 0.3) is 0 Å². The number of benzene rings is 2. The summed E-state index contributed by atoms with van der Waals surface area (Å²) in [6, 6.07) is 8.21. The first-order valence-electron chi connectivity index (χ1n) is 7.22. The Labute approximate surface area is 158 Å². The number of carbonyl (C=O) groups is 1. The normalized spacial score (nSPS) is 11.0. The van der Waals surface area contributed by atoms with E-state index in [-0.39, 0.29) is 11.7 Å². The van der Waals surface area contributed by atoms with Gasteiger partial charge in [0, 0.05) is 28.9 Å². The molecule has 4 nitrogen and oxygen atoms in total. The number of halogens is 3. The molecule has 2 rings (SSSR count). The van der Waals surface area contributed by atoms with E-state index in [0.29, 0.717) is 37.9 Å². The van der Waals surface area contributed by atoms with Gasteiger partial charge in [-0.05, 0) is 52.7 Å². The molecular weight excluding hydrogens is 415 g/mol. The van der Waals surface area contributed by atoms with Crippen LogP contribution in [-0.4, -0.2) is 17.2 Å². The van der Waals surface area contributed by atoms with Crippen molar-refractivity contribution >= 4 is 62.6 Å². The Morgan fingerprint density at radius 1 is 1.33 bits per heavy atom. The molecule has 0 saturated heterocycles. The molecule has 0 aliphatic rings. The molecule has 2 aromatic rings. The molecule has 0 unspecified atom stereocenters. The smallest absolute Gasteiger partial charge is 0.224 e. The highest BCUT2D eigenvalue weighted by molar-refractivity contribution is 9.10. The molecule has 0 saturated carbocycles. The molecule has 2 aromatic carbocycles. The van der Waals surface area contributed by atoms with E-state index in [2.05, 4.69) is 26.2 Å². The number of aromatic hydroxyl groups is 1. The van der Waals surface area contributed by atoms with Crippen molar-refractivity contribution in [1.29, 1.82) is 0 Å². The van der Waals surface area contributed by atoms with Crippen molar-refractivity contribution in [2.75, 3.05) is 5.32 Å². The van der Waals surface area contributed by atoms with Gasteiger partial charge in [-0.2, -0.15) is 0 Å². The maximum atomic E-state index is 11.7. The van der Waals surface area contributed by atoms with Crippen LogP contribution in [0.15, 0.2) is 39.8 Å². The largest absolute Gasteiger partial charge is 0.506 e. The Morgan fingerprint density at radius 3 is 2.79 bits per heavy atom. The summed E-state index contributed by atoms with van der Waals surface area (Å²) in [5.41, 5.74) is 1.54. The number of rotatable bonds is 5. The van der Waals surface area contributed by atoms with Crippen molar-refractivity contribution in [2.24, 2.45) is 4.99 Å². The quantitative estimate of drug-likeness (QED) is 0.576. The molecule has 7 heteroatoms. The van der Waals surface area contributed by atoms with E-state index in [9.17, 15) is 9.90 Å². The zero-order valence-corrected chi connectivity index (χ0v) is 15.9. The molecule has 1 amide bonds. The summed E-state index contributed by atoms with van der Waals surface area (Å²) in [7, 11) is 0. The second-order valence-electron chi connectivity index (χ2n) is 5.05. The Kier molecular flexibility index (Phi) is 6.66. The molecule has 126 valence electrons. The minimum Gasteiger partial charge on any atom is -0.506 e. The molecule has 0 aromatic heterocycles. The van der Waals surface area contributed by atoms with Crippen LogP contribution in [0, 0.1) is 0 Å². The van der Waals surface area contributed by atoms with Gasteiger partial charge in [0.15, 0.2) is 0 Å². The lowest BCUT2D eigenvalue weighted by atomic mass is 10.2. The van der Waals surface area contributed by atoms with Gasteiger partial charge < -0.3 is 10.4 Å². The molecule has 0 aliphatic heterocycles. The molecule has 0 atom stereocenters. The van der Waals surface area contributed by atoms with Crippen molar-refractivity contribution in [3.05, 3.63) is 50.4 Å². The van der Waals surface area contributed by atoms with Gasteiger partial charge in [0.1, 0.15) is 5.75 Å². The Balaban J connectivity index is 2.27. The van der Waals surface area contributed by atoms with E-state index in [1.807, 2.05) is 6.92 Å². The Hall–Kier alpha value is -1.56. The minimum atomic E-state index is -0.0637. The van der Waals surface area contributed by atoms with E-state index in [0.717, 1.165) is 6.42 Å². The standard InChI is InChI=1S/C17H15BrCl2N2O2/c1-2-3-16(23)22-12-4-5-14(20)15(8-12)21-9-10-6-11(19)7-13(18)17(10)24/h4-9,24H,2-3H2,1H3,(H,22,23). The molecule has 0 aliphatic carbocycles. The van der Waals surface area contributed by atoms with Gasteiger partial charge in [-0.15, -0.1) is 0 Å². The summed E-state index contributed by atoms with van der Waals surface area (Å²) < 4.78 is 0.475. The first-order valence-corrected chi connectivity index (χ1v) is 8.77. The zero-order chi connectivity index (χ0) is 17.7. The van der Waals surface area contributed by atoms with Crippen LogP contribution < -0.4 is 5.32 Å². The predicted octanol–water partition coefficient (Wildman–Crippen LogP) is 5.95. The van der Waals surface area contributed by atoms with Gasteiger partial charge in [-0.3, -0.25) is 9.79 Å². The van der Waals surface area contributed by atoms with Crippen molar-refractivity contribution in [1.82, 2.24) is 0 Å². The summed E-state index contributed by atoms with van der Waals surface area (Å²) in [6.07, 6.45) is 2.68. The molecule has 0 fully saturated rings. The van der Waals surface area contributed by atoms with E-state index < -0.39 is 0 Å². The number of phenols is 1. The van der Waals surface area contributed by atoms with Gasteiger partial charge in [0.25, 0.3) is 0 Å². The summed E-state index contributed by atoms with van der Waals surface area (Å²) in [5.74, 6) is -0.0298. The van der Waals surface area contributed by atoms with Crippen molar-refractivity contribution < 1.29 is 9.90 Å². The first-order chi connectivity index (χ1) is 11.4.